The lowest BCUT2D eigenvalue weighted by Crippen LogP contribution is -2.34. The van der Waals surface area contributed by atoms with Gasteiger partial charge in [-0.2, -0.15) is 0 Å². The number of hydrogen-bond donors (Lipinski definition) is 2. The summed E-state index contributed by atoms with van der Waals surface area (Å²) in [5, 5.41) is 7.75. The zero-order valence-corrected chi connectivity index (χ0v) is 10.3. The molecule has 0 radical (unpaired) electrons. The van der Waals surface area contributed by atoms with Gasteiger partial charge in [-0.15, -0.1) is 0 Å². The molecule has 3 N–H and O–H groups in total. The zero-order valence-electron chi connectivity index (χ0n) is 10.3. The third kappa shape index (κ3) is 1.71. The molecule has 1 heterocycles. The van der Waals surface area contributed by atoms with Crippen molar-refractivity contribution in [1.29, 1.82) is 5.41 Å². The van der Waals surface area contributed by atoms with Gasteiger partial charge in [-0.1, -0.05) is 60.7 Å². The van der Waals surface area contributed by atoms with E-state index >= 15 is 0 Å². The van der Waals surface area contributed by atoms with E-state index < -0.39 is 5.60 Å². The second kappa shape index (κ2) is 4.28. The molecule has 3 rings (SSSR count). The van der Waals surface area contributed by atoms with Gasteiger partial charge in [0.15, 0.2) is 0 Å². The number of ether oxygens (including phenoxy) is 1. The summed E-state index contributed by atoms with van der Waals surface area (Å²) in [5.74, 6) is 0.0882. The summed E-state index contributed by atoms with van der Waals surface area (Å²) < 4.78 is 5.80. The Hall–Kier alpha value is -2.55. The Balaban J connectivity index is 2.24. The van der Waals surface area contributed by atoms with E-state index in [1.165, 1.54) is 0 Å². The fourth-order valence-electron chi connectivity index (χ4n) is 2.46. The lowest BCUT2D eigenvalue weighted by molar-refractivity contribution is 0.149. The van der Waals surface area contributed by atoms with Crippen LogP contribution in [0.1, 0.15) is 11.1 Å². The average Bonchev–Trinajstić information content (AvgIpc) is 2.76. The maximum Gasteiger partial charge on any atom is 0.209 e. The highest BCUT2D eigenvalue weighted by Gasteiger charge is 2.44. The molecule has 2 aromatic rings. The molecular formula is C16H14N2O. The smallest absolute Gasteiger partial charge is 0.209 e. The summed E-state index contributed by atoms with van der Waals surface area (Å²) in [4.78, 5) is 0. The van der Waals surface area contributed by atoms with Crippen molar-refractivity contribution in [2.24, 2.45) is 5.73 Å². The molecule has 0 unspecified atom stereocenters. The highest BCUT2D eigenvalue weighted by molar-refractivity contribution is 5.90. The molecule has 2 aromatic carbocycles. The molecule has 0 atom stereocenters. The summed E-state index contributed by atoms with van der Waals surface area (Å²) in [6.07, 6.45) is 1.57. The fraction of sp³-hybridized carbons (Fsp3) is 0.0625. The van der Waals surface area contributed by atoms with E-state index in [-0.39, 0.29) is 5.90 Å². The van der Waals surface area contributed by atoms with Gasteiger partial charge in [0.25, 0.3) is 0 Å². The Morgan fingerprint density at radius 1 is 0.842 bits per heavy atom. The molecule has 0 fully saturated rings. The predicted molar refractivity (Wildman–Crippen MR) is 74.7 cm³/mol. The summed E-state index contributed by atoms with van der Waals surface area (Å²) in [6.45, 7) is 0. The van der Waals surface area contributed by atoms with Crippen molar-refractivity contribution in [3.8, 4) is 0 Å². The van der Waals surface area contributed by atoms with Crippen LogP contribution in [-0.2, 0) is 10.3 Å². The third-order valence-electron chi connectivity index (χ3n) is 3.32. The molecule has 0 spiro atoms. The van der Waals surface area contributed by atoms with Crippen LogP contribution >= 0.6 is 0 Å². The minimum absolute atomic E-state index is 0.0882. The number of hydrogen-bond acceptors (Lipinski definition) is 3. The van der Waals surface area contributed by atoms with E-state index in [0.29, 0.717) is 5.70 Å². The number of nitrogens with one attached hydrogen (secondary N) is 1. The molecule has 0 amide bonds. The van der Waals surface area contributed by atoms with Gasteiger partial charge >= 0.3 is 0 Å². The van der Waals surface area contributed by atoms with Gasteiger partial charge < -0.3 is 10.5 Å². The van der Waals surface area contributed by atoms with Crippen LogP contribution in [0.25, 0.3) is 0 Å². The second-order valence-electron chi connectivity index (χ2n) is 4.48. The summed E-state index contributed by atoms with van der Waals surface area (Å²) in [5.41, 5.74) is 7.68. The van der Waals surface area contributed by atoms with Crippen molar-refractivity contribution in [2.75, 3.05) is 0 Å². The van der Waals surface area contributed by atoms with Crippen LogP contribution in [0.15, 0.2) is 72.4 Å². The molecule has 3 nitrogen and oxygen atoms in total. The van der Waals surface area contributed by atoms with Crippen molar-refractivity contribution in [2.45, 2.75) is 5.60 Å². The van der Waals surface area contributed by atoms with Crippen molar-refractivity contribution < 1.29 is 4.74 Å². The monoisotopic (exact) mass is 250 g/mol. The molecule has 1 aliphatic heterocycles. The Bertz CT molecular complexity index is 593. The SMILES string of the molecule is N=C1C=C(N)C(c2ccccc2)(c2ccccc2)O1. The van der Waals surface area contributed by atoms with E-state index in [1.807, 2.05) is 60.7 Å². The number of rotatable bonds is 2. The molecule has 1 aliphatic rings. The summed E-state index contributed by atoms with van der Waals surface area (Å²) >= 11 is 0. The standard InChI is InChI=1S/C16H14N2O/c17-14-11-15(18)19-16(14,12-7-3-1-4-8-12)13-9-5-2-6-10-13/h1-11,18H,17H2. The minimum atomic E-state index is -0.875. The van der Waals surface area contributed by atoms with Gasteiger partial charge in [-0.05, 0) is 0 Å². The molecule has 0 aliphatic carbocycles. The number of benzene rings is 2. The Morgan fingerprint density at radius 3 is 1.68 bits per heavy atom. The van der Waals surface area contributed by atoms with Crippen LogP contribution in [0.2, 0.25) is 0 Å². The highest BCUT2D eigenvalue weighted by Crippen LogP contribution is 2.41. The van der Waals surface area contributed by atoms with Crippen molar-refractivity contribution in [3.63, 3.8) is 0 Å². The molecule has 0 aromatic heterocycles. The average molecular weight is 250 g/mol. The highest BCUT2D eigenvalue weighted by atomic mass is 16.5. The summed E-state index contributed by atoms with van der Waals surface area (Å²) in [7, 11) is 0. The molecular weight excluding hydrogens is 236 g/mol. The van der Waals surface area contributed by atoms with Gasteiger partial charge in [0.1, 0.15) is 0 Å². The van der Waals surface area contributed by atoms with Crippen LogP contribution in [-0.4, -0.2) is 5.90 Å². The Kier molecular flexibility index (Phi) is 2.60. The van der Waals surface area contributed by atoms with Crippen LogP contribution in [0.3, 0.4) is 0 Å². The van der Waals surface area contributed by atoms with Crippen molar-refractivity contribution in [1.82, 2.24) is 0 Å². The van der Waals surface area contributed by atoms with E-state index in [2.05, 4.69) is 0 Å². The normalized spacial score (nSPS) is 16.8. The molecule has 3 heteroatoms. The van der Waals surface area contributed by atoms with Crippen LogP contribution < -0.4 is 5.73 Å². The first kappa shape index (κ1) is 11.5. The van der Waals surface area contributed by atoms with Crippen molar-refractivity contribution >= 4 is 5.90 Å². The van der Waals surface area contributed by atoms with E-state index in [4.69, 9.17) is 15.9 Å². The van der Waals surface area contributed by atoms with Crippen LogP contribution in [0.5, 0.6) is 0 Å². The maximum atomic E-state index is 7.75. The van der Waals surface area contributed by atoms with Gasteiger partial charge in [-0.25, -0.2) is 0 Å². The Morgan fingerprint density at radius 2 is 1.32 bits per heavy atom. The molecule has 0 saturated heterocycles. The van der Waals surface area contributed by atoms with Crippen LogP contribution in [0, 0.1) is 5.41 Å². The quantitative estimate of drug-likeness (QED) is 0.861. The first-order valence-electron chi connectivity index (χ1n) is 6.10. The van der Waals surface area contributed by atoms with Gasteiger partial charge in [0.05, 0.1) is 5.70 Å². The lowest BCUT2D eigenvalue weighted by Gasteiger charge is -2.31. The zero-order chi connectivity index (χ0) is 13.3. The fourth-order valence-corrected chi connectivity index (χ4v) is 2.46. The first-order chi connectivity index (χ1) is 9.23. The van der Waals surface area contributed by atoms with Gasteiger partial charge in [-0.3, -0.25) is 5.41 Å². The van der Waals surface area contributed by atoms with Gasteiger partial charge in [0.2, 0.25) is 11.5 Å². The van der Waals surface area contributed by atoms with Crippen LogP contribution in [0.4, 0.5) is 0 Å². The lowest BCUT2D eigenvalue weighted by atomic mass is 9.84. The van der Waals surface area contributed by atoms with E-state index in [0.717, 1.165) is 11.1 Å². The third-order valence-corrected chi connectivity index (χ3v) is 3.32. The molecule has 94 valence electrons. The predicted octanol–water partition coefficient (Wildman–Crippen LogP) is 2.78. The second-order valence-corrected chi connectivity index (χ2v) is 4.48. The van der Waals surface area contributed by atoms with Crippen molar-refractivity contribution in [3.05, 3.63) is 83.6 Å². The number of nitrogens with two attached hydrogens (primary N) is 1. The minimum Gasteiger partial charge on any atom is -0.455 e. The Labute approximate surface area is 111 Å². The van der Waals surface area contributed by atoms with E-state index in [1.54, 1.807) is 6.08 Å². The largest absolute Gasteiger partial charge is 0.455 e. The van der Waals surface area contributed by atoms with E-state index in [9.17, 15) is 0 Å². The van der Waals surface area contributed by atoms with Gasteiger partial charge in [0, 0.05) is 17.2 Å². The molecule has 0 bridgehead atoms. The molecule has 0 saturated carbocycles. The topological polar surface area (TPSA) is 59.1 Å². The first-order valence-corrected chi connectivity index (χ1v) is 6.10. The maximum absolute atomic E-state index is 7.75. The summed E-state index contributed by atoms with van der Waals surface area (Å²) in [6, 6.07) is 19.5. The molecule has 19 heavy (non-hydrogen) atoms.